The standard InChI is InChI=1S/C19H26ClN5O2S2/c1-23(12-15-6-7-16(20)29-15)17(26)13-28-19-22-21-18(24-8-2-3-9-24)25(19)11-14-5-4-10-27-14/h6-7,14H,2-5,8-13H2,1H3/t14-/m1/s1. The largest absolute Gasteiger partial charge is 0.376 e. The van der Waals surface area contributed by atoms with Gasteiger partial charge in [0.1, 0.15) is 0 Å². The molecule has 0 aromatic carbocycles. The molecule has 10 heteroatoms. The summed E-state index contributed by atoms with van der Waals surface area (Å²) in [4.78, 5) is 17.7. The summed E-state index contributed by atoms with van der Waals surface area (Å²) in [5.41, 5.74) is 0. The summed E-state index contributed by atoms with van der Waals surface area (Å²) in [6.45, 7) is 4.17. The lowest BCUT2D eigenvalue weighted by atomic mass is 10.2. The minimum Gasteiger partial charge on any atom is -0.376 e. The molecule has 2 aromatic rings. The molecule has 2 fully saturated rings. The van der Waals surface area contributed by atoms with Crippen LogP contribution in [-0.2, 0) is 22.6 Å². The minimum absolute atomic E-state index is 0.0638. The SMILES string of the molecule is CN(Cc1ccc(Cl)s1)C(=O)CSc1nnc(N2CCCC2)n1C[C@H]1CCCO1. The van der Waals surface area contributed by atoms with Gasteiger partial charge < -0.3 is 14.5 Å². The van der Waals surface area contributed by atoms with Crippen molar-refractivity contribution < 1.29 is 9.53 Å². The zero-order valence-corrected chi connectivity index (χ0v) is 18.9. The Morgan fingerprint density at radius 1 is 1.34 bits per heavy atom. The number of aromatic nitrogens is 3. The maximum atomic E-state index is 12.6. The third kappa shape index (κ3) is 5.25. The van der Waals surface area contributed by atoms with Gasteiger partial charge >= 0.3 is 0 Å². The van der Waals surface area contributed by atoms with Gasteiger partial charge in [-0.05, 0) is 37.8 Å². The molecular weight excluding hydrogens is 430 g/mol. The van der Waals surface area contributed by atoms with Crippen LogP contribution in [0.25, 0.3) is 0 Å². The van der Waals surface area contributed by atoms with E-state index in [1.807, 2.05) is 19.2 Å². The van der Waals surface area contributed by atoms with E-state index in [1.165, 1.54) is 35.9 Å². The van der Waals surface area contributed by atoms with Crippen molar-refractivity contribution in [2.75, 3.05) is 37.4 Å². The van der Waals surface area contributed by atoms with Gasteiger partial charge in [-0.3, -0.25) is 9.36 Å². The molecule has 158 valence electrons. The van der Waals surface area contributed by atoms with E-state index in [2.05, 4.69) is 19.7 Å². The van der Waals surface area contributed by atoms with E-state index >= 15 is 0 Å². The molecule has 0 saturated carbocycles. The summed E-state index contributed by atoms with van der Waals surface area (Å²) in [7, 11) is 1.82. The zero-order chi connectivity index (χ0) is 20.2. The monoisotopic (exact) mass is 455 g/mol. The molecule has 0 radical (unpaired) electrons. The summed E-state index contributed by atoms with van der Waals surface area (Å²) in [6.07, 6.45) is 4.74. The molecule has 0 aliphatic carbocycles. The zero-order valence-electron chi connectivity index (χ0n) is 16.6. The normalized spacial score (nSPS) is 19.2. The Labute approximate surface area is 184 Å². The van der Waals surface area contributed by atoms with Crippen molar-refractivity contribution in [1.29, 1.82) is 0 Å². The van der Waals surface area contributed by atoms with Gasteiger partial charge in [0.05, 0.1) is 29.3 Å². The molecule has 2 saturated heterocycles. The highest BCUT2D eigenvalue weighted by Crippen LogP contribution is 2.28. The molecule has 2 aliphatic heterocycles. The van der Waals surface area contributed by atoms with Crippen LogP contribution in [0.1, 0.15) is 30.6 Å². The van der Waals surface area contributed by atoms with Crippen LogP contribution in [0, 0.1) is 0 Å². The van der Waals surface area contributed by atoms with E-state index < -0.39 is 0 Å². The smallest absolute Gasteiger partial charge is 0.233 e. The van der Waals surface area contributed by atoms with Crippen LogP contribution < -0.4 is 4.90 Å². The quantitative estimate of drug-likeness (QED) is 0.567. The number of thiophene rings is 1. The Bertz CT molecular complexity index is 830. The molecule has 4 rings (SSSR count). The van der Waals surface area contributed by atoms with E-state index in [-0.39, 0.29) is 12.0 Å². The van der Waals surface area contributed by atoms with Crippen LogP contribution in [0.4, 0.5) is 5.95 Å². The summed E-state index contributed by atoms with van der Waals surface area (Å²) in [6, 6.07) is 3.83. The number of halogens is 1. The van der Waals surface area contributed by atoms with Crippen LogP contribution >= 0.6 is 34.7 Å². The maximum absolute atomic E-state index is 12.6. The second-order valence-corrected chi connectivity index (χ2v) is 10.2. The van der Waals surface area contributed by atoms with Gasteiger partial charge in [0, 0.05) is 31.6 Å². The first-order valence-corrected chi connectivity index (χ1v) is 12.2. The Kier molecular flexibility index (Phi) is 7.00. The molecule has 7 nitrogen and oxygen atoms in total. The van der Waals surface area contributed by atoms with Crippen molar-refractivity contribution in [1.82, 2.24) is 19.7 Å². The average Bonchev–Trinajstić information content (AvgIpc) is 3.49. The highest BCUT2D eigenvalue weighted by atomic mass is 35.5. The van der Waals surface area contributed by atoms with Crippen LogP contribution in [-0.4, -0.2) is 64.2 Å². The summed E-state index contributed by atoms with van der Waals surface area (Å²) >= 11 is 8.95. The van der Waals surface area contributed by atoms with Crippen LogP contribution in [0.15, 0.2) is 17.3 Å². The van der Waals surface area contributed by atoms with Gasteiger partial charge in [-0.25, -0.2) is 0 Å². The van der Waals surface area contributed by atoms with Crippen molar-refractivity contribution >= 4 is 46.6 Å². The fourth-order valence-electron chi connectivity index (χ4n) is 3.69. The number of anilines is 1. The summed E-state index contributed by atoms with van der Waals surface area (Å²) in [5.74, 6) is 1.31. The fraction of sp³-hybridized carbons (Fsp3) is 0.632. The molecule has 29 heavy (non-hydrogen) atoms. The van der Waals surface area contributed by atoms with Gasteiger partial charge in [0.25, 0.3) is 0 Å². The molecule has 2 aromatic heterocycles. The van der Waals surface area contributed by atoms with Gasteiger partial charge in [-0.2, -0.15) is 0 Å². The number of carbonyl (C=O) groups excluding carboxylic acids is 1. The number of thioether (sulfide) groups is 1. The van der Waals surface area contributed by atoms with Gasteiger partial charge in [-0.15, -0.1) is 21.5 Å². The molecule has 2 aliphatic rings. The first kappa shape index (κ1) is 21.0. The molecule has 1 atom stereocenters. The number of hydrogen-bond donors (Lipinski definition) is 0. The van der Waals surface area contributed by atoms with Gasteiger partial charge in [0.15, 0.2) is 5.16 Å². The topological polar surface area (TPSA) is 63.5 Å². The maximum Gasteiger partial charge on any atom is 0.233 e. The molecule has 0 N–H and O–H groups in total. The van der Waals surface area contributed by atoms with E-state index in [0.29, 0.717) is 12.3 Å². The molecule has 0 spiro atoms. The fourth-order valence-corrected chi connectivity index (χ4v) is 5.71. The Morgan fingerprint density at radius 3 is 2.86 bits per heavy atom. The van der Waals surface area contributed by atoms with E-state index in [0.717, 1.165) is 59.4 Å². The summed E-state index contributed by atoms with van der Waals surface area (Å²) in [5, 5.41) is 9.67. The second kappa shape index (κ2) is 9.68. The second-order valence-electron chi connectivity index (χ2n) is 7.47. The predicted molar refractivity (Wildman–Crippen MR) is 117 cm³/mol. The lowest BCUT2D eigenvalue weighted by Gasteiger charge is -2.20. The number of amides is 1. The molecule has 0 bridgehead atoms. The van der Waals surface area contributed by atoms with Crippen molar-refractivity contribution in [3.8, 4) is 0 Å². The van der Waals surface area contributed by atoms with Crippen molar-refractivity contribution in [3.05, 3.63) is 21.3 Å². The lowest BCUT2D eigenvalue weighted by molar-refractivity contribution is -0.127. The van der Waals surface area contributed by atoms with Gasteiger partial charge in [-0.1, -0.05) is 23.4 Å². The Morgan fingerprint density at radius 2 is 2.17 bits per heavy atom. The number of carbonyl (C=O) groups is 1. The van der Waals surface area contributed by atoms with Gasteiger partial charge in [0.2, 0.25) is 11.9 Å². The molecule has 1 amide bonds. The van der Waals surface area contributed by atoms with E-state index in [9.17, 15) is 4.79 Å². The van der Waals surface area contributed by atoms with Crippen molar-refractivity contribution in [2.45, 2.75) is 50.0 Å². The molecule has 4 heterocycles. The average molecular weight is 456 g/mol. The molecule has 0 unspecified atom stereocenters. The van der Waals surface area contributed by atoms with Crippen molar-refractivity contribution in [3.63, 3.8) is 0 Å². The van der Waals surface area contributed by atoms with Crippen molar-refractivity contribution in [2.24, 2.45) is 0 Å². The predicted octanol–water partition coefficient (Wildman–Crippen LogP) is 3.52. The highest BCUT2D eigenvalue weighted by Gasteiger charge is 2.25. The van der Waals surface area contributed by atoms with Crippen LogP contribution in [0.5, 0.6) is 0 Å². The third-order valence-corrected chi connectivity index (χ3v) is 7.44. The van der Waals surface area contributed by atoms with E-state index in [4.69, 9.17) is 16.3 Å². The first-order chi connectivity index (χ1) is 14.1. The van der Waals surface area contributed by atoms with Crippen LogP contribution in [0.2, 0.25) is 4.34 Å². The molecular formula is C19H26ClN5O2S2. The first-order valence-electron chi connectivity index (χ1n) is 10.0. The van der Waals surface area contributed by atoms with Crippen LogP contribution in [0.3, 0.4) is 0 Å². The van der Waals surface area contributed by atoms with E-state index in [1.54, 1.807) is 4.90 Å². The number of nitrogens with zero attached hydrogens (tertiary/aromatic N) is 5. The minimum atomic E-state index is 0.0638. The third-order valence-electron chi connectivity index (χ3n) is 5.27. The highest BCUT2D eigenvalue weighted by molar-refractivity contribution is 7.99. The Hall–Kier alpha value is -1.29. The number of hydrogen-bond acceptors (Lipinski definition) is 7. The summed E-state index contributed by atoms with van der Waals surface area (Å²) < 4.78 is 8.74. The Balaban J connectivity index is 1.40. The lowest BCUT2D eigenvalue weighted by Crippen LogP contribution is -2.28. The number of ether oxygens (including phenoxy) is 1. The number of rotatable bonds is 8.